The van der Waals surface area contributed by atoms with Crippen LogP contribution in [0, 0.1) is 5.82 Å². The van der Waals surface area contributed by atoms with Crippen molar-refractivity contribution >= 4 is 35.4 Å². The number of nitrogens with zero attached hydrogens (tertiary/aromatic N) is 2. The minimum atomic E-state index is -0.688. The Morgan fingerprint density at radius 1 is 1.27 bits per heavy atom. The van der Waals surface area contributed by atoms with E-state index in [9.17, 15) is 9.18 Å². The first kappa shape index (κ1) is 23.3. The van der Waals surface area contributed by atoms with Crippen molar-refractivity contribution in [1.29, 1.82) is 0 Å². The van der Waals surface area contributed by atoms with Crippen LogP contribution in [0.5, 0.6) is 5.75 Å². The Balaban J connectivity index is 1.70. The number of nitrogens with two attached hydrogens (primary N) is 2. The van der Waals surface area contributed by atoms with Crippen LogP contribution in [0.25, 0.3) is 11.1 Å². The lowest BCUT2D eigenvalue weighted by atomic mass is 9.84. The monoisotopic (exact) mass is 488 g/mol. The molecule has 1 aliphatic rings. The second-order valence-electron chi connectivity index (χ2n) is 8.15. The van der Waals surface area contributed by atoms with E-state index >= 15 is 0 Å². The number of likely N-dealkylation sites (tertiary alicyclic amines) is 1. The quantitative estimate of drug-likeness (QED) is 0.378. The summed E-state index contributed by atoms with van der Waals surface area (Å²) in [7, 11) is 0. The molecule has 9 heteroatoms. The summed E-state index contributed by atoms with van der Waals surface area (Å²) in [6.07, 6.45) is 2.41. The van der Waals surface area contributed by atoms with Gasteiger partial charge in [-0.2, -0.15) is 0 Å². The van der Waals surface area contributed by atoms with Gasteiger partial charge in [0.15, 0.2) is 11.6 Å². The van der Waals surface area contributed by atoms with Gasteiger partial charge in [-0.1, -0.05) is 47.5 Å². The fraction of sp³-hybridized carbons (Fsp3) is 0.250. The van der Waals surface area contributed by atoms with Crippen molar-refractivity contribution in [3.63, 3.8) is 0 Å². The van der Waals surface area contributed by atoms with Crippen molar-refractivity contribution in [2.75, 3.05) is 18.8 Å². The van der Waals surface area contributed by atoms with Crippen LogP contribution >= 0.6 is 23.2 Å². The lowest BCUT2D eigenvalue weighted by Crippen LogP contribution is -2.40. The Bertz CT molecular complexity index is 1210. The maximum absolute atomic E-state index is 14.0. The van der Waals surface area contributed by atoms with Gasteiger partial charge in [0.2, 0.25) is 6.41 Å². The van der Waals surface area contributed by atoms with E-state index in [4.69, 9.17) is 39.4 Å². The molecule has 172 valence electrons. The molecule has 1 unspecified atom stereocenters. The number of carbonyl (C=O) groups is 1. The molecule has 4 rings (SSSR count). The summed E-state index contributed by atoms with van der Waals surface area (Å²) in [5.74, 6) is -0.116. The van der Waals surface area contributed by atoms with Crippen LogP contribution in [0.2, 0.25) is 10.0 Å². The number of halogens is 3. The number of aromatic nitrogens is 1. The Hall–Kier alpha value is -2.87. The summed E-state index contributed by atoms with van der Waals surface area (Å²) in [6, 6.07) is 12.1. The molecule has 6 nitrogen and oxygen atoms in total. The van der Waals surface area contributed by atoms with Gasteiger partial charge < -0.3 is 21.1 Å². The van der Waals surface area contributed by atoms with Crippen molar-refractivity contribution in [1.82, 2.24) is 9.88 Å². The standard InChI is InChI=1S/C24H23Cl2FN4O2/c1-14(21-18(25)6-7-19(27)22(21)26)33-20-10-15(11-30-23(20)28)16-4-2-3-5-17(16)24(29)8-9-31(12-24)13-32/h2-7,10-11,13-14H,8-9,12,29H2,1H3,(H2,28,30)/t14?,24-/m1/s1. The topological polar surface area (TPSA) is 94.5 Å². The highest BCUT2D eigenvalue weighted by Crippen LogP contribution is 2.39. The molecule has 1 amide bonds. The second kappa shape index (κ2) is 9.17. The molecule has 1 aliphatic heterocycles. The molecule has 3 aromatic rings. The van der Waals surface area contributed by atoms with Crippen LogP contribution in [-0.2, 0) is 10.3 Å². The molecule has 2 atom stereocenters. The van der Waals surface area contributed by atoms with Gasteiger partial charge >= 0.3 is 0 Å². The number of ether oxygens (including phenoxy) is 1. The first-order chi connectivity index (χ1) is 15.7. The minimum absolute atomic E-state index is 0.103. The number of anilines is 1. The maximum atomic E-state index is 14.0. The summed E-state index contributed by atoms with van der Waals surface area (Å²) in [6.45, 7) is 2.72. The molecule has 0 spiro atoms. The van der Waals surface area contributed by atoms with Crippen LogP contribution in [0.4, 0.5) is 10.2 Å². The van der Waals surface area contributed by atoms with Gasteiger partial charge in [-0.05, 0) is 42.7 Å². The SMILES string of the molecule is CC(Oc1cc(-c2ccccc2[C@@]2(N)CCN(C=O)C2)cnc1N)c1c(Cl)ccc(F)c1Cl. The first-order valence-electron chi connectivity index (χ1n) is 10.4. The van der Waals surface area contributed by atoms with Crippen LogP contribution in [0.15, 0.2) is 48.7 Å². The molecule has 0 bridgehead atoms. The lowest BCUT2D eigenvalue weighted by molar-refractivity contribution is -0.117. The highest BCUT2D eigenvalue weighted by molar-refractivity contribution is 6.36. The van der Waals surface area contributed by atoms with Gasteiger partial charge in [-0.25, -0.2) is 9.37 Å². The third-order valence-electron chi connectivity index (χ3n) is 5.93. The number of benzene rings is 2. The Kier molecular flexibility index (Phi) is 6.47. The third kappa shape index (κ3) is 4.49. The van der Waals surface area contributed by atoms with Gasteiger partial charge in [-0.3, -0.25) is 4.79 Å². The van der Waals surface area contributed by atoms with E-state index in [1.54, 1.807) is 24.1 Å². The lowest BCUT2D eigenvalue weighted by Gasteiger charge is -2.27. The molecule has 33 heavy (non-hydrogen) atoms. The number of hydrogen-bond acceptors (Lipinski definition) is 5. The number of hydrogen-bond donors (Lipinski definition) is 2. The average molecular weight is 489 g/mol. The van der Waals surface area contributed by atoms with Crippen LogP contribution in [-0.4, -0.2) is 29.4 Å². The molecule has 0 aliphatic carbocycles. The van der Waals surface area contributed by atoms with E-state index in [0.29, 0.717) is 30.8 Å². The molecular weight excluding hydrogens is 466 g/mol. The summed E-state index contributed by atoms with van der Waals surface area (Å²) in [5, 5.41) is 0.182. The fourth-order valence-corrected chi connectivity index (χ4v) is 4.88. The summed E-state index contributed by atoms with van der Waals surface area (Å²) in [4.78, 5) is 17.2. The number of amides is 1. The zero-order chi connectivity index (χ0) is 23.8. The van der Waals surface area contributed by atoms with Crippen LogP contribution < -0.4 is 16.2 Å². The number of nitrogen functional groups attached to an aromatic ring is 1. The zero-order valence-corrected chi connectivity index (χ0v) is 19.4. The van der Waals surface area contributed by atoms with Crippen molar-refractivity contribution in [3.05, 3.63) is 75.7 Å². The number of pyridine rings is 1. The average Bonchev–Trinajstić information content (AvgIpc) is 3.20. The van der Waals surface area contributed by atoms with Crippen LogP contribution in [0.1, 0.15) is 30.6 Å². The normalized spacial score (nSPS) is 18.9. The predicted octanol–water partition coefficient (Wildman–Crippen LogP) is 4.93. The molecule has 1 fully saturated rings. The predicted molar refractivity (Wildman–Crippen MR) is 128 cm³/mol. The molecule has 0 radical (unpaired) electrons. The summed E-state index contributed by atoms with van der Waals surface area (Å²) in [5.41, 5.74) is 14.9. The Morgan fingerprint density at radius 2 is 2.03 bits per heavy atom. The smallest absolute Gasteiger partial charge is 0.209 e. The van der Waals surface area contributed by atoms with Crippen molar-refractivity contribution in [2.45, 2.75) is 25.0 Å². The molecule has 0 saturated carbocycles. The number of rotatable bonds is 6. The fourth-order valence-electron chi connectivity index (χ4n) is 4.20. The van der Waals surface area contributed by atoms with Gasteiger partial charge in [0.25, 0.3) is 0 Å². The van der Waals surface area contributed by atoms with E-state index in [1.807, 2.05) is 24.3 Å². The van der Waals surface area contributed by atoms with Gasteiger partial charge in [0, 0.05) is 35.4 Å². The Labute approximate surface area is 201 Å². The highest BCUT2D eigenvalue weighted by Gasteiger charge is 2.37. The van der Waals surface area contributed by atoms with Crippen molar-refractivity contribution in [2.24, 2.45) is 5.73 Å². The molecule has 1 saturated heterocycles. The molecule has 2 heterocycles. The van der Waals surface area contributed by atoms with E-state index in [0.717, 1.165) is 23.1 Å². The van der Waals surface area contributed by atoms with E-state index in [-0.39, 0.29) is 15.9 Å². The number of carbonyl (C=O) groups excluding carboxylic acids is 1. The summed E-state index contributed by atoms with van der Waals surface area (Å²) >= 11 is 12.4. The molecule has 2 aromatic carbocycles. The van der Waals surface area contributed by atoms with Crippen LogP contribution in [0.3, 0.4) is 0 Å². The third-order valence-corrected chi connectivity index (χ3v) is 6.64. The van der Waals surface area contributed by atoms with Gasteiger partial charge in [-0.15, -0.1) is 0 Å². The van der Waals surface area contributed by atoms with E-state index in [2.05, 4.69) is 4.98 Å². The van der Waals surface area contributed by atoms with Crippen molar-refractivity contribution in [3.8, 4) is 16.9 Å². The molecular formula is C24H23Cl2FN4O2. The second-order valence-corrected chi connectivity index (χ2v) is 8.94. The van der Waals surface area contributed by atoms with Gasteiger partial charge in [0.05, 0.1) is 10.6 Å². The molecule has 1 aromatic heterocycles. The zero-order valence-electron chi connectivity index (χ0n) is 17.9. The van der Waals surface area contributed by atoms with Crippen molar-refractivity contribution < 1.29 is 13.9 Å². The summed E-state index contributed by atoms with van der Waals surface area (Å²) < 4.78 is 20.0. The minimum Gasteiger partial charge on any atom is -0.482 e. The largest absolute Gasteiger partial charge is 0.482 e. The Morgan fingerprint density at radius 3 is 2.76 bits per heavy atom. The first-order valence-corrected chi connectivity index (χ1v) is 11.1. The maximum Gasteiger partial charge on any atom is 0.209 e. The van der Waals surface area contributed by atoms with E-state index in [1.165, 1.54) is 12.1 Å². The molecule has 4 N–H and O–H groups in total. The highest BCUT2D eigenvalue weighted by atomic mass is 35.5. The van der Waals surface area contributed by atoms with E-state index < -0.39 is 17.5 Å². The van der Waals surface area contributed by atoms with Gasteiger partial charge in [0.1, 0.15) is 11.9 Å².